The van der Waals surface area contributed by atoms with E-state index in [-0.39, 0.29) is 0 Å². The highest BCUT2D eigenvalue weighted by atomic mass is 32.1. The fourth-order valence-corrected chi connectivity index (χ4v) is 1.21. The SMILES string of the molecule is Sc1ccc(-c2cn[nH]c2)cc1. The Morgan fingerprint density at radius 2 is 1.83 bits per heavy atom. The maximum absolute atomic E-state index is 4.21. The number of H-pyrrole nitrogens is 1. The van der Waals surface area contributed by atoms with Gasteiger partial charge in [-0.25, -0.2) is 0 Å². The molecule has 2 rings (SSSR count). The van der Waals surface area contributed by atoms with E-state index >= 15 is 0 Å². The molecule has 0 bridgehead atoms. The van der Waals surface area contributed by atoms with Gasteiger partial charge in [0.15, 0.2) is 0 Å². The Labute approximate surface area is 76.0 Å². The van der Waals surface area contributed by atoms with Crippen LogP contribution < -0.4 is 0 Å². The van der Waals surface area contributed by atoms with Crippen LogP contribution in [-0.2, 0) is 0 Å². The minimum absolute atomic E-state index is 0.974. The van der Waals surface area contributed by atoms with E-state index in [9.17, 15) is 0 Å². The zero-order valence-corrected chi connectivity index (χ0v) is 7.25. The molecule has 0 saturated carbocycles. The average Bonchev–Trinajstić information content (AvgIpc) is 2.58. The fraction of sp³-hybridized carbons (Fsp3) is 0. The van der Waals surface area contributed by atoms with E-state index in [1.807, 2.05) is 30.5 Å². The number of nitrogens with one attached hydrogen (secondary N) is 1. The Kier molecular flexibility index (Phi) is 1.87. The van der Waals surface area contributed by atoms with Crippen LogP contribution in [0, 0.1) is 0 Å². The summed E-state index contributed by atoms with van der Waals surface area (Å²) in [4.78, 5) is 0.974. The standard InChI is InChI=1S/C9H8N2S/c12-9-3-1-7(2-4-9)8-5-10-11-6-8/h1-6,12H,(H,10,11). The summed E-state index contributed by atoms with van der Waals surface area (Å²) in [6.45, 7) is 0. The molecule has 0 atom stereocenters. The molecule has 0 aliphatic carbocycles. The minimum Gasteiger partial charge on any atom is -0.285 e. The van der Waals surface area contributed by atoms with Crippen molar-refractivity contribution in [3.63, 3.8) is 0 Å². The van der Waals surface area contributed by atoms with Gasteiger partial charge in [-0.15, -0.1) is 12.6 Å². The van der Waals surface area contributed by atoms with Crippen LogP contribution in [0.3, 0.4) is 0 Å². The number of aromatic amines is 1. The van der Waals surface area contributed by atoms with E-state index in [0.717, 1.165) is 16.0 Å². The van der Waals surface area contributed by atoms with Gasteiger partial charge in [0.1, 0.15) is 0 Å². The van der Waals surface area contributed by atoms with Crippen LogP contribution in [0.25, 0.3) is 11.1 Å². The molecule has 0 fully saturated rings. The molecule has 1 aromatic carbocycles. The summed E-state index contributed by atoms with van der Waals surface area (Å²) in [5, 5.41) is 6.65. The van der Waals surface area contributed by atoms with Gasteiger partial charge in [0.05, 0.1) is 6.20 Å². The lowest BCUT2D eigenvalue weighted by atomic mass is 10.1. The summed E-state index contributed by atoms with van der Waals surface area (Å²) in [6.07, 6.45) is 3.67. The van der Waals surface area contributed by atoms with Crippen LogP contribution in [0.15, 0.2) is 41.6 Å². The molecule has 1 heterocycles. The van der Waals surface area contributed by atoms with Crippen molar-refractivity contribution in [2.75, 3.05) is 0 Å². The highest BCUT2D eigenvalue weighted by Crippen LogP contribution is 2.18. The Balaban J connectivity index is 2.43. The Hall–Kier alpha value is -1.22. The summed E-state index contributed by atoms with van der Waals surface area (Å²) in [6, 6.07) is 7.97. The van der Waals surface area contributed by atoms with Gasteiger partial charge in [0.2, 0.25) is 0 Å². The molecule has 2 nitrogen and oxygen atoms in total. The minimum atomic E-state index is 0.974. The maximum Gasteiger partial charge on any atom is 0.0565 e. The topological polar surface area (TPSA) is 28.7 Å². The van der Waals surface area contributed by atoms with E-state index in [1.165, 1.54) is 0 Å². The molecule has 3 heteroatoms. The maximum atomic E-state index is 4.21. The van der Waals surface area contributed by atoms with E-state index < -0.39 is 0 Å². The zero-order chi connectivity index (χ0) is 8.39. The van der Waals surface area contributed by atoms with Gasteiger partial charge < -0.3 is 0 Å². The third-order valence-corrected chi connectivity index (χ3v) is 2.00. The Bertz CT molecular complexity index is 351. The first kappa shape index (κ1) is 7.43. The number of thiol groups is 1. The molecule has 12 heavy (non-hydrogen) atoms. The number of rotatable bonds is 1. The van der Waals surface area contributed by atoms with Crippen molar-refractivity contribution >= 4 is 12.6 Å². The summed E-state index contributed by atoms with van der Waals surface area (Å²) < 4.78 is 0. The Morgan fingerprint density at radius 1 is 1.08 bits per heavy atom. The zero-order valence-electron chi connectivity index (χ0n) is 6.36. The summed E-state index contributed by atoms with van der Waals surface area (Å²) in [5.74, 6) is 0. The van der Waals surface area contributed by atoms with Gasteiger partial charge >= 0.3 is 0 Å². The second kappa shape index (κ2) is 3.03. The molecule has 60 valence electrons. The smallest absolute Gasteiger partial charge is 0.0565 e. The van der Waals surface area contributed by atoms with Gasteiger partial charge in [0.25, 0.3) is 0 Å². The number of nitrogens with zero attached hydrogens (tertiary/aromatic N) is 1. The third-order valence-electron chi connectivity index (χ3n) is 1.70. The van der Waals surface area contributed by atoms with Gasteiger partial charge in [-0.2, -0.15) is 5.10 Å². The lowest BCUT2D eigenvalue weighted by Gasteiger charge is -1.95. The monoisotopic (exact) mass is 176 g/mol. The third kappa shape index (κ3) is 1.36. The van der Waals surface area contributed by atoms with E-state index in [0.29, 0.717) is 0 Å². The van der Waals surface area contributed by atoms with Gasteiger partial charge in [0, 0.05) is 16.7 Å². The van der Waals surface area contributed by atoms with Gasteiger partial charge in [-0.05, 0) is 17.7 Å². The van der Waals surface area contributed by atoms with Crippen molar-refractivity contribution in [1.29, 1.82) is 0 Å². The molecular formula is C9H8N2S. The van der Waals surface area contributed by atoms with Crippen molar-refractivity contribution in [1.82, 2.24) is 10.2 Å². The van der Waals surface area contributed by atoms with Crippen LogP contribution in [0.1, 0.15) is 0 Å². The summed E-state index contributed by atoms with van der Waals surface area (Å²) in [7, 11) is 0. The summed E-state index contributed by atoms with van der Waals surface area (Å²) in [5.41, 5.74) is 2.25. The molecule has 0 radical (unpaired) electrons. The number of benzene rings is 1. The van der Waals surface area contributed by atoms with E-state index in [2.05, 4.69) is 22.8 Å². The largest absolute Gasteiger partial charge is 0.285 e. The molecule has 0 aliphatic heterocycles. The van der Waals surface area contributed by atoms with Crippen molar-refractivity contribution in [3.8, 4) is 11.1 Å². The lowest BCUT2D eigenvalue weighted by Crippen LogP contribution is -1.72. The first-order valence-corrected chi connectivity index (χ1v) is 4.09. The van der Waals surface area contributed by atoms with E-state index in [4.69, 9.17) is 0 Å². The number of hydrogen-bond donors (Lipinski definition) is 2. The quantitative estimate of drug-likeness (QED) is 0.642. The molecule has 0 spiro atoms. The lowest BCUT2D eigenvalue weighted by molar-refractivity contribution is 1.09. The van der Waals surface area contributed by atoms with Crippen LogP contribution in [0.2, 0.25) is 0 Å². The predicted molar refractivity (Wildman–Crippen MR) is 51.3 cm³/mol. The van der Waals surface area contributed by atoms with Gasteiger partial charge in [-0.1, -0.05) is 12.1 Å². The molecule has 0 unspecified atom stereocenters. The van der Waals surface area contributed by atoms with Crippen molar-refractivity contribution < 1.29 is 0 Å². The second-order valence-electron chi connectivity index (χ2n) is 2.53. The van der Waals surface area contributed by atoms with Gasteiger partial charge in [-0.3, -0.25) is 5.10 Å². The molecular weight excluding hydrogens is 168 g/mol. The highest BCUT2D eigenvalue weighted by Gasteiger charge is 1.96. The number of hydrogen-bond acceptors (Lipinski definition) is 2. The molecule has 0 aliphatic rings. The number of aromatic nitrogens is 2. The first-order chi connectivity index (χ1) is 5.86. The normalized spacial score (nSPS) is 10.1. The van der Waals surface area contributed by atoms with Crippen LogP contribution in [-0.4, -0.2) is 10.2 Å². The predicted octanol–water partition coefficient (Wildman–Crippen LogP) is 2.37. The highest BCUT2D eigenvalue weighted by molar-refractivity contribution is 7.80. The van der Waals surface area contributed by atoms with E-state index in [1.54, 1.807) is 6.20 Å². The molecule has 0 amide bonds. The van der Waals surface area contributed by atoms with Crippen LogP contribution in [0.4, 0.5) is 0 Å². The van der Waals surface area contributed by atoms with Crippen molar-refractivity contribution in [3.05, 3.63) is 36.7 Å². The molecule has 1 N–H and O–H groups in total. The molecule has 0 saturated heterocycles. The Morgan fingerprint density at radius 3 is 2.42 bits per heavy atom. The molecule has 2 aromatic rings. The summed E-state index contributed by atoms with van der Waals surface area (Å²) >= 11 is 4.21. The van der Waals surface area contributed by atoms with Crippen LogP contribution in [0.5, 0.6) is 0 Å². The first-order valence-electron chi connectivity index (χ1n) is 3.64. The molecule has 1 aromatic heterocycles. The van der Waals surface area contributed by atoms with Crippen LogP contribution >= 0.6 is 12.6 Å². The fourth-order valence-electron chi connectivity index (χ4n) is 1.06. The van der Waals surface area contributed by atoms with Crippen molar-refractivity contribution in [2.24, 2.45) is 0 Å². The second-order valence-corrected chi connectivity index (χ2v) is 3.05. The average molecular weight is 176 g/mol. The van der Waals surface area contributed by atoms with Crippen molar-refractivity contribution in [2.45, 2.75) is 4.90 Å².